The van der Waals surface area contributed by atoms with Crippen LogP contribution in [0, 0.1) is 11.8 Å². The van der Waals surface area contributed by atoms with Gasteiger partial charge in [-0.1, -0.05) is 11.1 Å². The summed E-state index contributed by atoms with van der Waals surface area (Å²) in [5.74, 6) is 2.25. The largest absolute Gasteiger partial charge is 0.0744 e. The third-order valence-electron chi connectivity index (χ3n) is 3.58. The van der Waals surface area contributed by atoms with Crippen LogP contribution < -0.4 is 0 Å². The highest BCUT2D eigenvalue weighted by atomic mass is 14.4. The van der Waals surface area contributed by atoms with Crippen LogP contribution in [0.3, 0.4) is 0 Å². The third kappa shape index (κ3) is 1.50. The van der Waals surface area contributed by atoms with Crippen LogP contribution in [0.5, 0.6) is 0 Å². The van der Waals surface area contributed by atoms with E-state index in [1.807, 2.05) is 0 Å². The molecule has 0 unspecified atom stereocenters. The van der Waals surface area contributed by atoms with E-state index in [0.717, 1.165) is 11.8 Å². The van der Waals surface area contributed by atoms with Gasteiger partial charge in [-0.2, -0.15) is 0 Å². The van der Waals surface area contributed by atoms with Gasteiger partial charge in [0, 0.05) is 0 Å². The number of hydrogen-bond donors (Lipinski definition) is 0. The topological polar surface area (TPSA) is 0 Å². The second-order valence-corrected chi connectivity index (χ2v) is 4.39. The van der Waals surface area contributed by atoms with Crippen LogP contribution in [-0.4, -0.2) is 0 Å². The summed E-state index contributed by atoms with van der Waals surface area (Å²) < 4.78 is 0. The van der Waals surface area contributed by atoms with Crippen LogP contribution in [0.4, 0.5) is 0 Å². The van der Waals surface area contributed by atoms with Crippen molar-refractivity contribution in [1.82, 2.24) is 0 Å². The van der Waals surface area contributed by atoms with Crippen molar-refractivity contribution in [2.45, 2.75) is 46.0 Å². The fraction of sp³-hybridized carbons (Fsp3) is 0.818. The van der Waals surface area contributed by atoms with E-state index in [1.165, 1.54) is 25.7 Å². The van der Waals surface area contributed by atoms with Gasteiger partial charge in [0.25, 0.3) is 0 Å². The van der Waals surface area contributed by atoms with E-state index in [4.69, 9.17) is 0 Å². The predicted molar refractivity (Wildman–Crippen MR) is 48.4 cm³/mol. The Morgan fingerprint density at radius 2 is 1.36 bits per heavy atom. The van der Waals surface area contributed by atoms with Crippen molar-refractivity contribution in [3.8, 4) is 0 Å². The molecule has 2 aliphatic rings. The van der Waals surface area contributed by atoms with E-state index in [9.17, 15) is 0 Å². The Balaban J connectivity index is 2.03. The smallest absolute Gasteiger partial charge is 0.0318 e. The Bertz CT molecular complexity index is 168. The lowest BCUT2D eigenvalue weighted by atomic mass is 9.95. The maximum atomic E-state index is 2.32. The molecule has 0 saturated heterocycles. The first-order valence-corrected chi connectivity index (χ1v) is 4.92. The molecule has 2 aliphatic carbocycles. The molecular weight excluding hydrogens is 132 g/mol. The van der Waals surface area contributed by atoms with Crippen molar-refractivity contribution in [2.24, 2.45) is 11.8 Å². The lowest BCUT2D eigenvalue weighted by molar-refractivity contribution is 0.582. The van der Waals surface area contributed by atoms with Crippen molar-refractivity contribution in [3.05, 3.63) is 11.1 Å². The minimum atomic E-state index is 1.12. The molecule has 0 heterocycles. The zero-order valence-electron chi connectivity index (χ0n) is 7.69. The Kier molecular flexibility index (Phi) is 1.78. The van der Waals surface area contributed by atoms with Crippen molar-refractivity contribution in [1.29, 1.82) is 0 Å². The molecule has 0 spiro atoms. The van der Waals surface area contributed by atoms with Crippen LogP contribution in [-0.2, 0) is 0 Å². The molecule has 1 fully saturated rings. The molecule has 0 heteroatoms. The second kappa shape index (κ2) is 2.66. The van der Waals surface area contributed by atoms with E-state index < -0.39 is 0 Å². The van der Waals surface area contributed by atoms with E-state index >= 15 is 0 Å². The van der Waals surface area contributed by atoms with Crippen LogP contribution >= 0.6 is 0 Å². The summed E-state index contributed by atoms with van der Waals surface area (Å²) in [7, 11) is 0. The molecule has 0 aromatic heterocycles. The highest BCUT2D eigenvalue weighted by Gasteiger charge is 2.36. The molecular formula is C11H18. The van der Waals surface area contributed by atoms with Gasteiger partial charge in [0.05, 0.1) is 0 Å². The van der Waals surface area contributed by atoms with Crippen LogP contribution in [0.15, 0.2) is 11.1 Å². The van der Waals surface area contributed by atoms with Gasteiger partial charge >= 0.3 is 0 Å². The summed E-state index contributed by atoms with van der Waals surface area (Å²) in [6.45, 7) is 4.64. The minimum absolute atomic E-state index is 1.12. The van der Waals surface area contributed by atoms with Gasteiger partial charge in [-0.3, -0.25) is 0 Å². The minimum Gasteiger partial charge on any atom is -0.0744 e. The van der Waals surface area contributed by atoms with Crippen molar-refractivity contribution < 1.29 is 0 Å². The van der Waals surface area contributed by atoms with Crippen molar-refractivity contribution in [2.75, 3.05) is 0 Å². The average molecular weight is 150 g/mol. The van der Waals surface area contributed by atoms with E-state index in [-0.39, 0.29) is 0 Å². The van der Waals surface area contributed by atoms with Gasteiger partial charge in [-0.15, -0.1) is 0 Å². The summed E-state index contributed by atoms with van der Waals surface area (Å²) in [5, 5.41) is 0. The van der Waals surface area contributed by atoms with Gasteiger partial charge in [0.1, 0.15) is 0 Å². The number of hydrogen-bond acceptors (Lipinski definition) is 0. The number of rotatable bonds is 0. The van der Waals surface area contributed by atoms with Gasteiger partial charge in [0.2, 0.25) is 0 Å². The average Bonchev–Trinajstić information content (AvgIpc) is 2.72. The molecule has 62 valence electrons. The lowest BCUT2D eigenvalue weighted by Gasteiger charge is -2.11. The summed E-state index contributed by atoms with van der Waals surface area (Å²) in [4.78, 5) is 0. The SMILES string of the molecule is C/C1=C(\C)CC[C@H]2C[C@H]2CC1. The molecule has 0 aliphatic heterocycles. The number of allylic oxidation sites excluding steroid dienone is 2. The normalized spacial score (nSPS) is 44.2. The maximum absolute atomic E-state index is 2.32. The van der Waals surface area contributed by atoms with Gasteiger partial charge in [-0.25, -0.2) is 0 Å². The molecule has 0 bridgehead atoms. The molecule has 2 atom stereocenters. The molecule has 0 N–H and O–H groups in total. The second-order valence-electron chi connectivity index (χ2n) is 4.39. The predicted octanol–water partition coefficient (Wildman–Crippen LogP) is 3.53. The molecule has 1 saturated carbocycles. The third-order valence-corrected chi connectivity index (χ3v) is 3.58. The first-order valence-electron chi connectivity index (χ1n) is 4.92. The zero-order valence-corrected chi connectivity index (χ0v) is 7.69. The molecule has 0 nitrogen and oxygen atoms in total. The lowest BCUT2D eigenvalue weighted by Crippen LogP contribution is -1.94. The molecule has 0 aromatic rings. The Hall–Kier alpha value is -0.260. The summed E-state index contributed by atoms with van der Waals surface area (Å²) in [6.07, 6.45) is 7.27. The fourth-order valence-electron chi connectivity index (χ4n) is 2.25. The van der Waals surface area contributed by atoms with Crippen molar-refractivity contribution >= 4 is 0 Å². The van der Waals surface area contributed by atoms with Gasteiger partial charge in [-0.05, 0) is 57.8 Å². The van der Waals surface area contributed by atoms with Gasteiger partial charge < -0.3 is 0 Å². The van der Waals surface area contributed by atoms with Crippen LogP contribution in [0.2, 0.25) is 0 Å². The zero-order chi connectivity index (χ0) is 7.84. The summed E-state index contributed by atoms with van der Waals surface area (Å²) >= 11 is 0. The molecule has 11 heavy (non-hydrogen) atoms. The maximum Gasteiger partial charge on any atom is -0.0318 e. The van der Waals surface area contributed by atoms with Crippen molar-refractivity contribution in [3.63, 3.8) is 0 Å². The quantitative estimate of drug-likeness (QED) is 0.463. The monoisotopic (exact) mass is 150 g/mol. The molecule has 2 rings (SSSR count). The molecule has 0 radical (unpaired) electrons. The van der Waals surface area contributed by atoms with E-state index in [0.29, 0.717) is 0 Å². The fourth-order valence-corrected chi connectivity index (χ4v) is 2.25. The number of fused-ring (bicyclic) bond motifs is 1. The van der Waals surface area contributed by atoms with E-state index in [1.54, 1.807) is 17.6 Å². The van der Waals surface area contributed by atoms with E-state index in [2.05, 4.69) is 13.8 Å². The summed E-state index contributed by atoms with van der Waals surface area (Å²) in [5.41, 5.74) is 3.35. The molecule has 0 amide bonds. The Labute approximate surface area is 69.7 Å². The highest BCUT2D eigenvalue weighted by Crippen LogP contribution is 2.47. The summed E-state index contributed by atoms with van der Waals surface area (Å²) in [6, 6.07) is 0. The van der Waals surface area contributed by atoms with Gasteiger partial charge in [0.15, 0.2) is 0 Å². The standard InChI is InChI=1S/C11H18/c1-8-3-5-10-7-11(10)6-4-9(8)2/h10-11H,3-7H2,1-2H3/b9-8-/t10-,11+. The highest BCUT2D eigenvalue weighted by molar-refractivity contribution is 5.12. The Morgan fingerprint density at radius 3 is 1.82 bits per heavy atom. The Morgan fingerprint density at radius 1 is 0.909 bits per heavy atom. The first-order chi connectivity index (χ1) is 5.27. The van der Waals surface area contributed by atoms with Crippen LogP contribution in [0.1, 0.15) is 46.0 Å². The molecule has 0 aromatic carbocycles. The van der Waals surface area contributed by atoms with Crippen LogP contribution in [0.25, 0.3) is 0 Å². The first kappa shape index (κ1) is 7.39.